The summed E-state index contributed by atoms with van der Waals surface area (Å²) in [7, 11) is 4.72. The molecular weight excluding hydrogens is 432 g/mol. The van der Waals surface area contributed by atoms with Gasteiger partial charge in [0.2, 0.25) is 5.75 Å². The maximum absolute atomic E-state index is 6.24. The van der Waals surface area contributed by atoms with Gasteiger partial charge in [0.05, 0.1) is 26.8 Å². The minimum Gasteiger partial charge on any atom is -0.493 e. The molecule has 34 heavy (non-hydrogen) atoms. The van der Waals surface area contributed by atoms with E-state index in [9.17, 15) is 0 Å². The van der Waals surface area contributed by atoms with Crippen LogP contribution in [0.15, 0.2) is 54.7 Å². The van der Waals surface area contributed by atoms with Crippen molar-refractivity contribution in [2.24, 2.45) is 0 Å². The van der Waals surface area contributed by atoms with Gasteiger partial charge in [-0.2, -0.15) is 0 Å². The average molecular weight is 457 g/mol. The molecule has 0 saturated carbocycles. The average Bonchev–Trinajstić information content (AvgIpc) is 3.32. The third kappa shape index (κ3) is 3.66. The summed E-state index contributed by atoms with van der Waals surface area (Å²) in [5.74, 6) is 2.68. The topological polar surface area (TPSA) is 109 Å². The number of nitrogen functional groups attached to an aromatic ring is 1. The molecule has 0 aliphatic carbocycles. The Balaban J connectivity index is 1.62. The smallest absolute Gasteiger partial charge is 0.203 e. The van der Waals surface area contributed by atoms with Crippen LogP contribution in [0.5, 0.6) is 17.2 Å². The maximum Gasteiger partial charge on any atom is 0.203 e. The minimum absolute atomic E-state index is 0.489. The third-order valence-electron chi connectivity index (χ3n) is 5.55. The van der Waals surface area contributed by atoms with E-state index in [0.29, 0.717) is 34.6 Å². The number of rotatable bonds is 6. The first-order valence-electron chi connectivity index (χ1n) is 10.6. The van der Waals surface area contributed by atoms with E-state index >= 15 is 0 Å². The van der Waals surface area contributed by atoms with Crippen molar-refractivity contribution in [1.29, 1.82) is 0 Å². The Morgan fingerprint density at radius 2 is 1.68 bits per heavy atom. The lowest BCUT2D eigenvalue weighted by atomic mass is 10.1. The van der Waals surface area contributed by atoms with Crippen LogP contribution in [-0.4, -0.2) is 40.9 Å². The molecule has 0 fully saturated rings. The van der Waals surface area contributed by atoms with Crippen molar-refractivity contribution >= 4 is 33.6 Å². The summed E-state index contributed by atoms with van der Waals surface area (Å²) in [4.78, 5) is 9.38. The molecule has 5 rings (SSSR count). The lowest BCUT2D eigenvalue weighted by molar-refractivity contribution is 0.324. The van der Waals surface area contributed by atoms with Gasteiger partial charge in [0.25, 0.3) is 0 Å². The van der Waals surface area contributed by atoms with Crippen LogP contribution in [0.2, 0.25) is 0 Å². The molecule has 2 aromatic carbocycles. The van der Waals surface area contributed by atoms with Crippen LogP contribution in [0.25, 0.3) is 27.8 Å². The molecular formula is C25H24N6O3. The van der Waals surface area contributed by atoms with Gasteiger partial charge in [0.1, 0.15) is 5.52 Å². The van der Waals surface area contributed by atoms with Gasteiger partial charge in [-0.25, -0.2) is 9.50 Å². The molecule has 0 amide bonds. The Bertz CT molecular complexity index is 1500. The molecule has 0 bridgehead atoms. The Morgan fingerprint density at radius 3 is 2.38 bits per heavy atom. The number of aryl methyl sites for hydroxylation is 1. The normalized spacial score (nSPS) is 11.1. The summed E-state index contributed by atoms with van der Waals surface area (Å²) in [6.07, 6.45) is 1.87. The van der Waals surface area contributed by atoms with Gasteiger partial charge in [-0.15, -0.1) is 5.10 Å². The van der Waals surface area contributed by atoms with E-state index in [4.69, 9.17) is 24.9 Å². The molecule has 3 N–H and O–H groups in total. The second kappa shape index (κ2) is 8.43. The van der Waals surface area contributed by atoms with Crippen LogP contribution in [0.4, 0.5) is 17.2 Å². The van der Waals surface area contributed by atoms with Crippen LogP contribution >= 0.6 is 0 Å². The second-order valence-corrected chi connectivity index (χ2v) is 7.75. The number of benzene rings is 2. The lowest BCUT2D eigenvalue weighted by Crippen LogP contribution is -2.04. The highest BCUT2D eigenvalue weighted by molar-refractivity contribution is 5.93. The summed E-state index contributed by atoms with van der Waals surface area (Å²) in [5, 5.41) is 8.96. The summed E-state index contributed by atoms with van der Waals surface area (Å²) in [5.41, 5.74) is 11.0. The summed E-state index contributed by atoms with van der Waals surface area (Å²) in [6, 6.07) is 15.2. The van der Waals surface area contributed by atoms with Crippen molar-refractivity contribution in [3.63, 3.8) is 0 Å². The number of nitrogens with one attached hydrogen (secondary N) is 1. The largest absolute Gasteiger partial charge is 0.493 e. The first-order chi connectivity index (χ1) is 16.5. The molecule has 172 valence electrons. The van der Waals surface area contributed by atoms with Crippen LogP contribution in [0.1, 0.15) is 5.69 Å². The predicted molar refractivity (Wildman–Crippen MR) is 132 cm³/mol. The van der Waals surface area contributed by atoms with Crippen LogP contribution < -0.4 is 25.3 Å². The lowest BCUT2D eigenvalue weighted by Gasteiger charge is -2.15. The molecule has 0 unspecified atom stereocenters. The number of fused-ring (bicyclic) bond motifs is 2. The predicted octanol–water partition coefficient (Wildman–Crippen LogP) is 4.60. The van der Waals surface area contributed by atoms with Gasteiger partial charge in [0, 0.05) is 34.2 Å². The molecule has 3 aromatic heterocycles. The van der Waals surface area contributed by atoms with Crippen molar-refractivity contribution in [1.82, 2.24) is 19.6 Å². The molecule has 0 saturated heterocycles. The van der Waals surface area contributed by atoms with Crippen molar-refractivity contribution < 1.29 is 14.2 Å². The van der Waals surface area contributed by atoms with Crippen molar-refractivity contribution in [2.75, 3.05) is 32.4 Å². The Morgan fingerprint density at radius 1 is 0.912 bits per heavy atom. The highest BCUT2D eigenvalue weighted by atomic mass is 16.5. The van der Waals surface area contributed by atoms with E-state index in [-0.39, 0.29) is 0 Å². The van der Waals surface area contributed by atoms with Crippen LogP contribution in [0, 0.1) is 6.92 Å². The zero-order valence-corrected chi connectivity index (χ0v) is 19.3. The molecule has 0 spiro atoms. The first-order valence-corrected chi connectivity index (χ1v) is 10.6. The van der Waals surface area contributed by atoms with Gasteiger partial charge in [-0.1, -0.05) is 0 Å². The number of pyridine rings is 1. The SMILES string of the molecule is COc1cc(-c2nc(Nc3ccc4nc(C)cc(N)c4c3)c3cccn3n2)cc(OC)c1OC. The first kappa shape index (κ1) is 21.3. The standard InChI is InChI=1S/C25H24N6O3/c1-14-10-18(26)17-13-16(7-8-19(17)27-14)28-25-20-6-5-9-31(20)30-24(29-25)15-11-21(32-2)23(34-4)22(12-15)33-3/h5-13H,1-4H3,(H2,26,27)(H,28,29,30). The summed E-state index contributed by atoms with van der Waals surface area (Å²) in [6.45, 7) is 1.93. The summed E-state index contributed by atoms with van der Waals surface area (Å²) < 4.78 is 18.2. The quantitative estimate of drug-likeness (QED) is 0.381. The zero-order valence-electron chi connectivity index (χ0n) is 19.3. The van der Waals surface area contributed by atoms with Crippen molar-refractivity contribution in [3.05, 3.63) is 60.4 Å². The van der Waals surface area contributed by atoms with E-state index < -0.39 is 0 Å². The van der Waals surface area contributed by atoms with Gasteiger partial charge in [-0.05, 0) is 55.5 Å². The van der Waals surface area contributed by atoms with Gasteiger partial charge in [0.15, 0.2) is 23.1 Å². The Hall–Kier alpha value is -4.53. The zero-order chi connectivity index (χ0) is 23.8. The van der Waals surface area contributed by atoms with E-state index in [0.717, 1.165) is 33.4 Å². The molecule has 0 radical (unpaired) electrons. The highest BCUT2D eigenvalue weighted by Crippen LogP contribution is 2.41. The number of anilines is 3. The number of nitrogens with two attached hydrogens (primary N) is 1. The fraction of sp³-hybridized carbons (Fsp3) is 0.160. The van der Waals surface area contributed by atoms with E-state index in [1.54, 1.807) is 25.8 Å². The van der Waals surface area contributed by atoms with E-state index in [1.807, 2.05) is 61.7 Å². The van der Waals surface area contributed by atoms with Crippen molar-refractivity contribution in [3.8, 4) is 28.6 Å². The fourth-order valence-corrected chi connectivity index (χ4v) is 3.96. The molecule has 0 atom stereocenters. The molecule has 0 aliphatic heterocycles. The molecule has 5 aromatic rings. The van der Waals surface area contributed by atoms with Gasteiger partial charge >= 0.3 is 0 Å². The molecule has 9 heteroatoms. The molecule has 3 heterocycles. The van der Waals surface area contributed by atoms with Gasteiger partial charge < -0.3 is 25.3 Å². The van der Waals surface area contributed by atoms with Crippen molar-refractivity contribution in [2.45, 2.75) is 6.92 Å². The molecule has 9 nitrogen and oxygen atoms in total. The number of nitrogens with zero attached hydrogens (tertiary/aromatic N) is 4. The molecule has 0 aliphatic rings. The minimum atomic E-state index is 0.489. The Kier molecular flexibility index (Phi) is 5.29. The monoisotopic (exact) mass is 456 g/mol. The van der Waals surface area contributed by atoms with E-state index in [1.165, 1.54) is 0 Å². The van der Waals surface area contributed by atoms with E-state index in [2.05, 4.69) is 15.4 Å². The number of methoxy groups -OCH3 is 3. The van der Waals surface area contributed by atoms with Crippen LogP contribution in [0.3, 0.4) is 0 Å². The maximum atomic E-state index is 6.24. The van der Waals surface area contributed by atoms with Crippen LogP contribution in [-0.2, 0) is 0 Å². The number of hydrogen-bond donors (Lipinski definition) is 2. The highest BCUT2D eigenvalue weighted by Gasteiger charge is 2.17. The Labute approximate surface area is 196 Å². The number of hydrogen-bond acceptors (Lipinski definition) is 8. The number of aromatic nitrogens is 4. The number of ether oxygens (including phenoxy) is 3. The second-order valence-electron chi connectivity index (χ2n) is 7.75. The van der Waals surface area contributed by atoms with Gasteiger partial charge in [-0.3, -0.25) is 4.98 Å². The summed E-state index contributed by atoms with van der Waals surface area (Å²) >= 11 is 0. The third-order valence-corrected chi connectivity index (χ3v) is 5.55. The fourth-order valence-electron chi connectivity index (χ4n) is 3.96.